The molecule has 0 saturated carbocycles. The molecule has 8 heteroatoms. The van der Waals surface area contributed by atoms with Crippen molar-refractivity contribution >= 4 is 5.97 Å². The third-order valence-corrected chi connectivity index (χ3v) is 4.21. The molecule has 0 spiro atoms. The van der Waals surface area contributed by atoms with Crippen LogP contribution in [-0.4, -0.2) is 24.4 Å². The fourth-order valence-electron chi connectivity index (χ4n) is 2.63. The molecule has 1 aromatic rings. The molecular formula is C19H25F3N2O3. The fraction of sp³-hybridized carbons (Fsp3) is 0.632. The van der Waals surface area contributed by atoms with E-state index in [1.165, 1.54) is 7.11 Å². The number of aliphatic carboxylic acids is 1. The van der Waals surface area contributed by atoms with Gasteiger partial charge >= 0.3 is 17.8 Å². The number of unbranched alkanes of at least 4 members (excludes halogenated alkanes) is 4. The number of aryl methyl sites for hydroxylation is 1. The van der Waals surface area contributed by atoms with Crippen molar-refractivity contribution in [2.75, 3.05) is 7.11 Å². The first-order valence-corrected chi connectivity index (χ1v) is 8.70. The lowest BCUT2D eigenvalue weighted by atomic mass is 9.97. The van der Waals surface area contributed by atoms with Crippen LogP contribution < -0.4 is 4.74 Å². The lowest BCUT2D eigenvalue weighted by molar-refractivity contribution is -0.166. The quantitative estimate of drug-likeness (QED) is 0.471. The van der Waals surface area contributed by atoms with Gasteiger partial charge in [0, 0.05) is 17.5 Å². The number of carbonyl (C=O) groups is 1. The summed E-state index contributed by atoms with van der Waals surface area (Å²) in [5, 5.41) is 14.8. The molecule has 0 unspecified atom stereocenters. The number of hydrogen-bond acceptors (Lipinski definition) is 4. The van der Waals surface area contributed by atoms with Crippen LogP contribution in [0.2, 0.25) is 0 Å². The van der Waals surface area contributed by atoms with E-state index in [0.29, 0.717) is 32.1 Å². The Hall–Kier alpha value is -2.12. The Labute approximate surface area is 162 Å². The Morgan fingerprint density at radius 1 is 1.19 bits per heavy atom. The third kappa shape index (κ3) is 5.68. The zero-order valence-corrected chi connectivity index (χ0v) is 15.0. The molecule has 0 amide bonds. The van der Waals surface area contributed by atoms with Crippen LogP contribution in [0.25, 0.3) is 0 Å². The number of methoxy groups -OCH3 is 1. The van der Waals surface area contributed by atoms with Gasteiger partial charge in [0.15, 0.2) is 0 Å². The largest absolute Gasteiger partial charge is 0.496 e. The zero-order chi connectivity index (χ0) is 23.5. The molecule has 1 N–H and O–H groups in total. The lowest BCUT2D eigenvalue weighted by Gasteiger charge is -2.17. The standard InChI is InChI=1S/C19H25F3N2O3/c1-27-16-13-15(18(23-24-18)19(20,21)22)12-11-14(16)9-7-5-3-2-4-6-8-10-17(25)26/h11-13H,2-10H2,1H3,(H,25,26)/i7D2,9D2. The molecule has 0 radical (unpaired) electrons. The molecule has 150 valence electrons. The Morgan fingerprint density at radius 2 is 1.81 bits per heavy atom. The van der Waals surface area contributed by atoms with E-state index >= 15 is 0 Å². The van der Waals surface area contributed by atoms with Crippen LogP contribution in [0.1, 0.15) is 67.9 Å². The van der Waals surface area contributed by atoms with Crippen molar-refractivity contribution in [3.05, 3.63) is 29.3 Å². The summed E-state index contributed by atoms with van der Waals surface area (Å²) in [4.78, 5) is 10.5. The van der Waals surface area contributed by atoms with E-state index in [9.17, 15) is 18.0 Å². The smallest absolute Gasteiger partial charge is 0.442 e. The van der Waals surface area contributed by atoms with Gasteiger partial charge in [0.2, 0.25) is 0 Å². The average Bonchev–Trinajstić information content (AvgIpc) is 3.48. The highest BCUT2D eigenvalue weighted by Gasteiger charge is 2.65. The maximum absolute atomic E-state index is 13.2. The second-order valence-corrected chi connectivity index (χ2v) is 6.25. The molecule has 0 atom stereocenters. The van der Waals surface area contributed by atoms with Crippen molar-refractivity contribution in [2.45, 2.75) is 69.5 Å². The molecule has 0 saturated heterocycles. The molecule has 5 nitrogen and oxygen atoms in total. The van der Waals surface area contributed by atoms with Gasteiger partial charge in [0.05, 0.1) is 7.11 Å². The van der Waals surface area contributed by atoms with Gasteiger partial charge in [-0.25, -0.2) is 0 Å². The maximum Gasteiger partial charge on any atom is 0.442 e. The summed E-state index contributed by atoms with van der Waals surface area (Å²) in [5.41, 5.74) is -3.19. The van der Waals surface area contributed by atoms with E-state index < -0.39 is 30.6 Å². The van der Waals surface area contributed by atoms with E-state index in [1.807, 2.05) is 0 Å². The molecule has 1 aliphatic heterocycles. The van der Waals surface area contributed by atoms with Crippen molar-refractivity contribution in [1.29, 1.82) is 0 Å². The van der Waals surface area contributed by atoms with Crippen LogP contribution in [0, 0.1) is 0 Å². The Balaban J connectivity index is 2.08. The van der Waals surface area contributed by atoms with Gasteiger partial charge in [-0.1, -0.05) is 44.2 Å². The van der Waals surface area contributed by atoms with Gasteiger partial charge < -0.3 is 9.84 Å². The van der Waals surface area contributed by atoms with Gasteiger partial charge in [-0.2, -0.15) is 13.2 Å². The predicted octanol–water partition coefficient (Wildman–Crippen LogP) is 5.62. The number of nitrogens with zero attached hydrogens (tertiary/aromatic N) is 2. The number of rotatable bonds is 12. The first-order chi connectivity index (χ1) is 14.3. The first-order valence-electron chi connectivity index (χ1n) is 10.7. The summed E-state index contributed by atoms with van der Waals surface area (Å²) < 4.78 is 78.0. The Bertz CT molecular complexity index is 826. The second-order valence-electron chi connectivity index (χ2n) is 6.25. The molecule has 1 aliphatic rings. The summed E-state index contributed by atoms with van der Waals surface area (Å²) in [6.45, 7) is 0. The summed E-state index contributed by atoms with van der Waals surface area (Å²) in [6.07, 6.45) is -6.68. The van der Waals surface area contributed by atoms with Gasteiger partial charge in [-0.15, -0.1) is 10.2 Å². The highest BCUT2D eigenvalue weighted by atomic mass is 19.4. The summed E-state index contributed by atoms with van der Waals surface area (Å²) in [7, 11) is 1.17. The molecule has 1 aromatic carbocycles. The monoisotopic (exact) mass is 390 g/mol. The molecule has 0 bridgehead atoms. The fourth-order valence-corrected chi connectivity index (χ4v) is 2.63. The van der Waals surface area contributed by atoms with Gasteiger partial charge in [-0.3, -0.25) is 4.79 Å². The SMILES string of the molecule is [2H]C([2H])(CCCCCCCC(=O)O)C([2H])([2H])c1ccc(C2(C(F)(F)F)N=N2)cc1OC. The average molecular weight is 390 g/mol. The molecule has 0 aliphatic carbocycles. The highest BCUT2D eigenvalue weighted by Crippen LogP contribution is 2.53. The number of hydrogen-bond donors (Lipinski definition) is 1. The first kappa shape index (κ1) is 15.9. The van der Waals surface area contributed by atoms with E-state index in [2.05, 4.69) is 10.2 Å². The zero-order valence-electron chi connectivity index (χ0n) is 19.0. The van der Waals surface area contributed by atoms with Crippen LogP contribution >= 0.6 is 0 Å². The number of carboxylic acid groups (broad SMARTS) is 1. The van der Waals surface area contributed by atoms with E-state index in [0.717, 1.165) is 18.2 Å². The molecule has 2 rings (SSSR count). The minimum atomic E-state index is -4.74. The molecular weight excluding hydrogens is 361 g/mol. The maximum atomic E-state index is 13.2. The Morgan fingerprint density at radius 3 is 2.37 bits per heavy atom. The number of ether oxygens (including phenoxy) is 1. The van der Waals surface area contributed by atoms with Gasteiger partial charge in [-0.05, 0) is 30.8 Å². The Kier molecular flexibility index (Phi) is 5.41. The van der Waals surface area contributed by atoms with Gasteiger partial charge in [0.1, 0.15) is 5.75 Å². The van der Waals surface area contributed by atoms with E-state index in [-0.39, 0.29) is 29.7 Å². The summed E-state index contributed by atoms with van der Waals surface area (Å²) >= 11 is 0. The van der Waals surface area contributed by atoms with Crippen LogP contribution in [0.15, 0.2) is 28.4 Å². The van der Waals surface area contributed by atoms with Crippen LogP contribution in [-0.2, 0) is 16.8 Å². The number of benzene rings is 1. The third-order valence-electron chi connectivity index (χ3n) is 4.21. The lowest BCUT2D eigenvalue weighted by Crippen LogP contribution is -2.30. The summed E-state index contributed by atoms with van der Waals surface area (Å²) in [5.74, 6) is -1.07. The van der Waals surface area contributed by atoms with Gasteiger partial charge in [0.25, 0.3) is 0 Å². The number of alkyl halides is 3. The normalized spacial score (nSPS) is 18.2. The number of carboxylic acids is 1. The molecule has 27 heavy (non-hydrogen) atoms. The van der Waals surface area contributed by atoms with Crippen LogP contribution in [0.3, 0.4) is 0 Å². The number of halogens is 3. The summed E-state index contributed by atoms with van der Waals surface area (Å²) in [6, 6.07) is 3.13. The van der Waals surface area contributed by atoms with Crippen molar-refractivity contribution in [3.8, 4) is 5.75 Å². The van der Waals surface area contributed by atoms with E-state index in [1.54, 1.807) is 0 Å². The second kappa shape index (κ2) is 9.19. The predicted molar refractivity (Wildman–Crippen MR) is 93.9 cm³/mol. The van der Waals surface area contributed by atoms with Crippen LogP contribution in [0.4, 0.5) is 13.2 Å². The highest BCUT2D eigenvalue weighted by molar-refractivity contribution is 5.66. The van der Waals surface area contributed by atoms with Crippen molar-refractivity contribution < 1.29 is 33.3 Å². The van der Waals surface area contributed by atoms with Crippen LogP contribution in [0.5, 0.6) is 5.75 Å². The van der Waals surface area contributed by atoms with Crippen molar-refractivity contribution in [2.24, 2.45) is 10.2 Å². The minimum absolute atomic E-state index is 0.0787. The van der Waals surface area contributed by atoms with E-state index in [4.69, 9.17) is 15.3 Å². The molecule has 0 fully saturated rings. The minimum Gasteiger partial charge on any atom is -0.496 e. The topological polar surface area (TPSA) is 71.2 Å². The van der Waals surface area contributed by atoms with Crippen molar-refractivity contribution in [3.63, 3.8) is 0 Å². The molecule has 0 aromatic heterocycles. The van der Waals surface area contributed by atoms with Crippen molar-refractivity contribution in [1.82, 2.24) is 0 Å². The molecule has 1 heterocycles.